The Bertz CT molecular complexity index is 1290. The molecular weight excluding hydrogens is 459 g/mol. The summed E-state index contributed by atoms with van der Waals surface area (Å²) in [5.74, 6) is -0.988. The molecule has 0 saturated carbocycles. The number of thioether (sulfide) groups is 1. The van der Waals surface area contributed by atoms with Gasteiger partial charge >= 0.3 is 0 Å². The average Bonchev–Trinajstić information content (AvgIpc) is 3.19. The first-order valence-corrected chi connectivity index (χ1v) is 11.9. The number of aromatic nitrogens is 1. The molecule has 0 N–H and O–H groups in total. The Labute approximate surface area is 202 Å². The molecule has 0 spiro atoms. The topological polar surface area (TPSA) is 42.3 Å². The van der Waals surface area contributed by atoms with Crippen molar-refractivity contribution in [3.05, 3.63) is 91.9 Å². The smallest absolute Gasteiger partial charge is 0.293 e. The number of benzene rings is 2. The lowest BCUT2D eigenvalue weighted by Gasteiger charge is -2.17. The fourth-order valence-corrected chi connectivity index (χ4v) is 5.27. The molecule has 2 heterocycles. The Morgan fingerprint density at radius 3 is 2.52 bits per heavy atom. The van der Waals surface area contributed by atoms with E-state index in [4.69, 9.17) is 11.6 Å². The maximum absolute atomic E-state index is 14.2. The van der Waals surface area contributed by atoms with Crippen molar-refractivity contribution in [1.82, 2.24) is 9.47 Å². The van der Waals surface area contributed by atoms with Gasteiger partial charge in [0.15, 0.2) is 0 Å². The maximum atomic E-state index is 14.2. The maximum Gasteiger partial charge on any atom is 0.293 e. The molecule has 0 aliphatic carbocycles. The molecule has 4 rings (SSSR count). The molecule has 33 heavy (non-hydrogen) atoms. The molecular formula is C26H24ClFN2O2S. The molecule has 0 radical (unpaired) electrons. The van der Waals surface area contributed by atoms with Crippen LogP contribution >= 0.6 is 23.4 Å². The third-order valence-electron chi connectivity index (χ3n) is 5.93. The van der Waals surface area contributed by atoms with Crippen LogP contribution in [0.3, 0.4) is 0 Å². The molecule has 7 heteroatoms. The van der Waals surface area contributed by atoms with Crippen LogP contribution in [0.4, 0.5) is 9.18 Å². The highest BCUT2D eigenvalue weighted by atomic mass is 35.5. The highest BCUT2D eigenvalue weighted by Gasteiger charge is 2.36. The lowest BCUT2D eigenvalue weighted by molar-refractivity contribution is -0.123. The van der Waals surface area contributed by atoms with E-state index in [2.05, 4.69) is 36.6 Å². The van der Waals surface area contributed by atoms with Gasteiger partial charge in [0.25, 0.3) is 11.1 Å². The number of amides is 2. The van der Waals surface area contributed by atoms with E-state index in [1.54, 1.807) is 12.1 Å². The van der Waals surface area contributed by atoms with E-state index in [9.17, 15) is 14.0 Å². The van der Waals surface area contributed by atoms with Crippen LogP contribution in [0, 0.1) is 26.6 Å². The minimum Gasteiger partial charge on any atom is -0.317 e. The third kappa shape index (κ3) is 4.25. The van der Waals surface area contributed by atoms with Gasteiger partial charge in [-0.2, -0.15) is 0 Å². The quantitative estimate of drug-likeness (QED) is 0.368. The van der Waals surface area contributed by atoms with E-state index in [-0.39, 0.29) is 17.1 Å². The van der Waals surface area contributed by atoms with Gasteiger partial charge in [-0.3, -0.25) is 14.5 Å². The second-order valence-electron chi connectivity index (χ2n) is 8.07. The Morgan fingerprint density at radius 1 is 1.09 bits per heavy atom. The Kier molecular flexibility index (Phi) is 6.50. The van der Waals surface area contributed by atoms with Gasteiger partial charge in [0, 0.05) is 22.0 Å². The van der Waals surface area contributed by atoms with E-state index >= 15 is 0 Å². The molecule has 3 aromatic rings. The molecule has 0 bridgehead atoms. The van der Waals surface area contributed by atoms with Crippen LogP contribution in [0.5, 0.6) is 0 Å². The summed E-state index contributed by atoms with van der Waals surface area (Å²) in [6.45, 7) is 8.06. The summed E-state index contributed by atoms with van der Waals surface area (Å²) >= 11 is 6.95. The fourth-order valence-electron chi connectivity index (χ4n) is 4.22. The van der Waals surface area contributed by atoms with E-state index < -0.39 is 17.0 Å². The number of carbonyl (C=O) groups is 2. The van der Waals surface area contributed by atoms with Gasteiger partial charge < -0.3 is 4.57 Å². The second kappa shape index (κ2) is 9.20. The number of rotatable bonds is 5. The minimum absolute atomic E-state index is 0.132. The van der Waals surface area contributed by atoms with Crippen molar-refractivity contribution in [3.63, 3.8) is 0 Å². The summed E-state index contributed by atoms with van der Waals surface area (Å²) in [4.78, 5) is 26.9. The van der Waals surface area contributed by atoms with E-state index in [0.29, 0.717) is 4.91 Å². The number of carbonyl (C=O) groups excluding carboxylic acids is 2. The van der Waals surface area contributed by atoms with Gasteiger partial charge in [-0.1, -0.05) is 42.8 Å². The fraction of sp³-hybridized carbons (Fsp3) is 0.231. The van der Waals surface area contributed by atoms with Crippen LogP contribution in [-0.2, 0) is 17.8 Å². The van der Waals surface area contributed by atoms with Crippen LogP contribution in [-0.4, -0.2) is 20.6 Å². The number of aryl methyl sites for hydroxylation is 3. The van der Waals surface area contributed by atoms with Gasteiger partial charge in [0.1, 0.15) is 5.82 Å². The number of halogens is 2. The molecule has 4 nitrogen and oxygen atoms in total. The Balaban J connectivity index is 1.69. The molecule has 1 fully saturated rings. The van der Waals surface area contributed by atoms with Gasteiger partial charge in [0.2, 0.25) is 0 Å². The lowest BCUT2D eigenvalue weighted by Crippen LogP contribution is -2.28. The molecule has 1 aliphatic heterocycles. The SMILES string of the molecule is CCc1cccc(C)c1-n1c(C)cc(/C=C2/SC(=O)N(Cc3c(F)cccc3Cl)C2=O)c1C. The van der Waals surface area contributed by atoms with Gasteiger partial charge in [-0.05, 0) is 79.9 Å². The monoisotopic (exact) mass is 482 g/mol. The first kappa shape index (κ1) is 23.3. The second-order valence-corrected chi connectivity index (χ2v) is 9.47. The van der Waals surface area contributed by atoms with Crippen LogP contribution < -0.4 is 0 Å². The summed E-state index contributed by atoms with van der Waals surface area (Å²) in [7, 11) is 0. The first-order chi connectivity index (χ1) is 15.7. The van der Waals surface area contributed by atoms with Crippen LogP contribution in [0.1, 0.15) is 40.6 Å². The number of para-hydroxylation sites is 1. The van der Waals surface area contributed by atoms with Gasteiger partial charge in [-0.15, -0.1) is 0 Å². The van der Waals surface area contributed by atoms with Gasteiger partial charge in [-0.25, -0.2) is 4.39 Å². The van der Waals surface area contributed by atoms with Crippen LogP contribution in [0.15, 0.2) is 47.4 Å². The van der Waals surface area contributed by atoms with Crippen molar-refractivity contribution >= 4 is 40.6 Å². The van der Waals surface area contributed by atoms with Crippen molar-refractivity contribution in [2.75, 3.05) is 0 Å². The molecule has 170 valence electrons. The number of hydrogen-bond donors (Lipinski definition) is 0. The lowest BCUT2D eigenvalue weighted by atomic mass is 10.1. The number of imide groups is 1. The van der Waals surface area contributed by atoms with Crippen molar-refractivity contribution < 1.29 is 14.0 Å². The zero-order chi connectivity index (χ0) is 23.9. The zero-order valence-corrected chi connectivity index (χ0v) is 20.5. The molecule has 2 amide bonds. The summed E-state index contributed by atoms with van der Waals surface area (Å²) in [5.41, 5.74) is 6.59. The largest absolute Gasteiger partial charge is 0.317 e. The molecule has 1 aliphatic rings. The minimum atomic E-state index is -0.543. The van der Waals surface area contributed by atoms with Gasteiger partial charge in [0.05, 0.1) is 17.1 Å². The standard InChI is InChI=1S/C26H24ClFN2O2S/c1-5-18-9-6-8-15(2)24(18)30-16(3)12-19(17(30)4)13-23-25(31)29(26(32)33-23)14-20-21(27)10-7-11-22(20)28/h6-13H,5,14H2,1-4H3/b23-13+. The summed E-state index contributed by atoms with van der Waals surface area (Å²) in [5, 5.41) is -0.252. The average molecular weight is 483 g/mol. The molecule has 2 aromatic carbocycles. The number of hydrogen-bond acceptors (Lipinski definition) is 3. The van der Waals surface area contributed by atoms with Crippen LogP contribution in [0.25, 0.3) is 11.8 Å². The highest BCUT2D eigenvalue weighted by Crippen LogP contribution is 2.36. The summed E-state index contributed by atoms with van der Waals surface area (Å²) < 4.78 is 16.4. The zero-order valence-electron chi connectivity index (χ0n) is 18.9. The van der Waals surface area contributed by atoms with E-state index in [0.717, 1.165) is 45.7 Å². The van der Waals surface area contributed by atoms with Crippen molar-refractivity contribution in [3.8, 4) is 5.69 Å². The molecule has 0 unspecified atom stereocenters. The van der Waals surface area contributed by atoms with Crippen LogP contribution in [0.2, 0.25) is 5.02 Å². The van der Waals surface area contributed by atoms with Crippen molar-refractivity contribution in [2.45, 2.75) is 40.7 Å². The molecule has 1 saturated heterocycles. The van der Waals surface area contributed by atoms with E-state index in [1.807, 2.05) is 19.9 Å². The first-order valence-electron chi connectivity index (χ1n) is 10.7. The van der Waals surface area contributed by atoms with Crippen molar-refractivity contribution in [2.24, 2.45) is 0 Å². The molecule has 0 atom stereocenters. The highest BCUT2D eigenvalue weighted by molar-refractivity contribution is 8.18. The normalized spacial score (nSPS) is 15.2. The van der Waals surface area contributed by atoms with E-state index in [1.165, 1.54) is 23.3 Å². The predicted octanol–water partition coefficient (Wildman–Crippen LogP) is 6.99. The number of nitrogens with zero attached hydrogens (tertiary/aromatic N) is 2. The third-order valence-corrected chi connectivity index (χ3v) is 7.20. The summed E-state index contributed by atoms with van der Waals surface area (Å²) in [6, 6.07) is 12.6. The summed E-state index contributed by atoms with van der Waals surface area (Å²) in [6.07, 6.45) is 2.65. The predicted molar refractivity (Wildman–Crippen MR) is 132 cm³/mol. The van der Waals surface area contributed by atoms with Crippen molar-refractivity contribution in [1.29, 1.82) is 0 Å². The Morgan fingerprint density at radius 2 is 1.82 bits per heavy atom. The molecule has 1 aromatic heterocycles. The Hall–Kier alpha value is -2.83.